The molecule has 0 amide bonds. The van der Waals surface area contributed by atoms with E-state index in [4.69, 9.17) is 9.26 Å². The normalized spacial score (nSPS) is 11.0. The van der Waals surface area contributed by atoms with Crippen molar-refractivity contribution in [3.63, 3.8) is 0 Å². The summed E-state index contributed by atoms with van der Waals surface area (Å²) in [6.45, 7) is -0.108. The van der Waals surface area contributed by atoms with Crippen molar-refractivity contribution in [1.82, 2.24) is 20.1 Å². The lowest BCUT2D eigenvalue weighted by molar-refractivity contribution is -0.145. The van der Waals surface area contributed by atoms with Gasteiger partial charge in [-0.15, -0.1) is 0 Å². The second-order valence-electron chi connectivity index (χ2n) is 5.71. The molecule has 0 radical (unpaired) electrons. The van der Waals surface area contributed by atoms with Crippen LogP contribution in [0.25, 0.3) is 22.3 Å². The Morgan fingerprint density at radius 3 is 2.96 bits per heavy atom. The smallest absolute Gasteiger partial charge is 0.306 e. The van der Waals surface area contributed by atoms with Gasteiger partial charge in [0, 0.05) is 17.4 Å². The second kappa shape index (κ2) is 7.50. The SMILES string of the molecule is O=C(CCc1nc(-c2ccsc2)no1)OCc1nc2ccccc2c(=O)[nH]1. The fourth-order valence-corrected chi connectivity index (χ4v) is 3.13. The zero-order valence-electron chi connectivity index (χ0n) is 14.0. The first-order valence-electron chi connectivity index (χ1n) is 8.18. The van der Waals surface area contributed by atoms with Crippen LogP contribution in [0.2, 0.25) is 0 Å². The molecule has 3 aromatic heterocycles. The molecule has 0 aliphatic rings. The van der Waals surface area contributed by atoms with Crippen LogP contribution in [0, 0.1) is 0 Å². The summed E-state index contributed by atoms with van der Waals surface area (Å²) in [6, 6.07) is 8.87. The number of rotatable bonds is 6. The van der Waals surface area contributed by atoms with Crippen molar-refractivity contribution in [2.75, 3.05) is 0 Å². The molecule has 0 saturated carbocycles. The summed E-state index contributed by atoms with van der Waals surface area (Å²) in [7, 11) is 0. The second-order valence-corrected chi connectivity index (χ2v) is 6.49. The highest BCUT2D eigenvalue weighted by molar-refractivity contribution is 7.08. The van der Waals surface area contributed by atoms with Crippen LogP contribution in [0.5, 0.6) is 0 Å². The van der Waals surface area contributed by atoms with Crippen LogP contribution in [0.4, 0.5) is 0 Å². The average molecular weight is 382 g/mol. The Labute approximate surface area is 156 Å². The molecule has 4 aromatic rings. The molecule has 0 unspecified atom stereocenters. The van der Waals surface area contributed by atoms with Gasteiger partial charge < -0.3 is 14.2 Å². The molecule has 0 spiro atoms. The highest BCUT2D eigenvalue weighted by Crippen LogP contribution is 2.19. The van der Waals surface area contributed by atoms with E-state index in [0.29, 0.717) is 28.4 Å². The summed E-state index contributed by atoms with van der Waals surface area (Å²) in [5.41, 5.74) is 1.17. The van der Waals surface area contributed by atoms with Crippen LogP contribution >= 0.6 is 11.3 Å². The van der Waals surface area contributed by atoms with E-state index in [1.165, 1.54) is 0 Å². The van der Waals surface area contributed by atoms with Gasteiger partial charge in [-0.2, -0.15) is 16.3 Å². The maximum Gasteiger partial charge on any atom is 0.306 e. The molecule has 27 heavy (non-hydrogen) atoms. The summed E-state index contributed by atoms with van der Waals surface area (Å²) >= 11 is 1.54. The van der Waals surface area contributed by atoms with E-state index in [1.807, 2.05) is 16.8 Å². The summed E-state index contributed by atoms with van der Waals surface area (Å²) in [5.74, 6) is 0.716. The topological polar surface area (TPSA) is 111 Å². The number of para-hydroxylation sites is 1. The highest BCUT2D eigenvalue weighted by atomic mass is 32.1. The number of hydrogen-bond donors (Lipinski definition) is 1. The maximum atomic E-state index is 12.0. The Morgan fingerprint density at radius 2 is 2.11 bits per heavy atom. The van der Waals surface area contributed by atoms with Crippen molar-refractivity contribution in [3.8, 4) is 11.4 Å². The number of H-pyrrole nitrogens is 1. The van der Waals surface area contributed by atoms with Gasteiger partial charge >= 0.3 is 5.97 Å². The summed E-state index contributed by atoms with van der Waals surface area (Å²) in [6.07, 6.45) is 0.362. The molecule has 136 valence electrons. The van der Waals surface area contributed by atoms with Gasteiger partial charge in [-0.05, 0) is 23.6 Å². The van der Waals surface area contributed by atoms with Crippen LogP contribution in [0.3, 0.4) is 0 Å². The van der Waals surface area contributed by atoms with E-state index < -0.39 is 5.97 Å². The van der Waals surface area contributed by atoms with Gasteiger partial charge in [0.25, 0.3) is 5.56 Å². The molecule has 0 aliphatic carbocycles. The number of hydrogen-bond acceptors (Lipinski definition) is 8. The molecule has 0 aliphatic heterocycles. The number of thiophene rings is 1. The first-order chi connectivity index (χ1) is 13.2. The molecule has 1 N–H and O–H groups in total. The molecule has 0 bridgehead atoms. The lowest BCUT2D eigenvalue weighted by Gasteiger charge is -2.04. The number of carbonyl (C=O) groups excluding carboxylic acids is 1. The first-order valence-corrected chi connectivity index (χ1v) is 9.12. The van der Waals surface area contributed by atoms with Gasteiger partial charge in [0.05, 0.1) is 17.3 Å². The van der Waals surface area contributed by atoms with E-state index in [-0.39, 0.29) is 25.0 Å². The zero-order chi connectivity index (χ0) is 18.6. The lowest BCUT2D eigenvalue weighted by Crippen LogP contribution is -2.14. The Morgan fingerprint density at radius 1 is 1.22 bits per heavy atom. The van der Waals surface area contributed by atoms with Crippen LogP contribution in [-0.4, -0.2) is 26.1 Å². The molecule has 9 heteroatoms. The molecular formula is C18H14N4O4S. The third-order valence-corrected chi connectivity index (χ3v) is 4.51. The van der Waals surface area contributed by atoms with E-state index in [1.54, 1.807) is 35.6 Å². The van der Waals surface area contributed by atoms with Gasteiger partial charge in [0.2, 0.25) is 11.7 Å². The number of fused-ring (bicyclic) bond motifs is 1. The van der Waals surface area contributed by atoms with Crippen molar-refractivity contribution >= 4 is 28.2 Å². The molecule has 0 fully saturated rings. The highest BCUT2D eigenvalue weighted by Gasteiger charge is 2.12. The van der Waals surface area contributed by atoms with Crippen molar-refractivity contribution in [2.24, 2.45) is 0 Å². The standard InChI is InChI=1S/C18H14N4O4S/c23-16(6-5-15-21-17(22-26-15)11-7-8-27-10-11)25-9-14-19-13-4-2-1-3-12(13)18(24)20-14/h1-4,7-8,10H,5-6,9H2,(H,19,20,24). The quantitative estimate of drug-likeness (QED) is 0.510. The molecular weight excluding hydrogens is 368 g/mol. The Bertz CT molecular complexity index is 1130. The maximum absolute atomic E-state index is 12.0. The zero-order valence-corrected chi connectivity index (χ0v) is 14.9. The monoisotopic (exact) mass is 382 g/mol. The predicted molar refractivity (Wildman–Crippen MR) is 98.1 cm³/mol. The van der Waals surface area contributed by atoms with Gasteiger partial charge in [0.1, 0.15) is 12.4 Å². The first kappa shape index (κ1) is 17.1. The summed E-state index contributed by atoms with van der Waals surface area (Å²) in [4.78, 5) is 35.1. The third kappa shape index (κ3) is 3.93. The van der Waals surface area contributed by atoms with E-state index >= 15 is 0 Å². The van der Waals surface area contributed by atoms with Crippen LogP contribution < -0.4 is 5.56 Å². The Kier molecular flexibility index (Phi) is 4.75. The van der Waals surface area contributed by atoms with Crippen molar-refractivity contribution in [3.05, 3.63) is 63.2 Å². The number of esters is 1. The number of benzene rings is 1. The molecule has 0 atom stereocenters. The van der Waals surface area contributed by atoms with E-state index in [9.17, 15) is 9.59 Å². The molecule has 0 saturated heterocycles. The molecule has 4 rings (SSSR count). The van der Waals surface area contributed by atoms with Gasteiger partial charge in [-0.1, -0.05) is 17.3 Å². The van der Waals surface area contributed by atoms with E-state index in [0.717, 1.165) is 5.56 Å². The van der Waals surface area contributed by atoms with Crippen LogP contribution in [0.1, 0.15) is 18.1 Å². The number of carbonyl (C=O) groups is 1. The van der Waals surface area contributed by atoms with Gasteiger partial charge in [-0.25, -0.2) is 4.98 Å². The van der Waals surface area contributed by atoms with Crippen molar-refractivity contribution in [2.45, 2.75) is 19.4 Å². The minimum Gasteiger partial charge on any atom is -0.458 e. The Balaban J connectivity index is 1.33. The minimum atomic E-state index is -0.443. The van der Waals surface area contributed by atoms with E-state index in [2.05, 4.69) is 20.1 Å². The largest absolute Gasteiger partial charge is 0.458 e. The summed E-state index contributed by atoms with van der Waals surface area (Å²) in [5, 5.41) is 8.22. The Hall–Kier alpha value is -3.33. The fraction of sp³-hybridized carbons (Fsp3) is 0.167. The summed E-state index contributed by atoms with van der Waals surface area (Å²) < 4.78 is 10.3. The number of ether oxygens (including phenoxy) is 1. The third-order valence-electron chi connectivity index (χ3n) is 3.82. The number of nitrogens with one attached hydrogen (secondary N) is 1. The average Bonchev–Trinajstić information content (AvgIpc) is 3.36. The predicted octanol–water partition coefficient (Wildman–Crippen LogP) is 2.71. The van der Waals surface area contributed by atoms with Crippen LogP contribution in [-0.2, 0) is 22.6 Å². The van der Waals surface area contributed by atoms with Gasteiger partial charge in [0.15, 0.2) is 0 Å². The fourth-order valence-electron chi connectivity index (χ4n) is 2.50. The van der Waals surface area contributed by atoms with Gasteiger partial charge in [-0.3, -0.25) is 9.59 Å². The molecule has 1 aromatic carbocycles. The number of nitrogens with zero attached hydrogens (tertiary/aromatic N) is 3. The van der Waals surface area contributed by atoms with Crippen molar-refractivity contribution < 1.29 is 14.1 Å². The lowest BCUT2D eigenvalue weighted by atomic mass is 10.2. The molecule has 8 nitrogen and oxygen atoms in total. The van der Waals surface area contributed by atoms with Crippen molar-refractivity contribution in [1.29, 1.82) is 0 Å². The number of aromatic nitrogens is 4. The molecule has 3 heterocycles. The minimum absolute atomic E-state index is 0.0864. The number of aryl methyl sites for hydroxylation is 1. The number of aromatic amines is 1. The van der Waals surface area contributed by atoms with Crippen LogP contribution in [0.15, 0.2) is 50.4 Å².